The lowest BCUT2D eigenvalue weighted by molar-refractivity contribution is -0.119. The summed E-state index contributed by atoms with van der Waals surface area (Å²) in [7, 11) is 0. The highest BCUT2D eigenvalue weighted by Gasteiger charge is 2.12. The molecule has 23 heavy (non-hydrogen) atoms. The molecule has 4 heteroatoms. The Labute approximate surface area is 137 Å². The lowest BCUT2D eigenvalue weighted by Gasteiger charge is -2.17. The molecule has 0 radical (unpaired) electrons. The van der Waals surface area contributed by atoms with Gasteiger partial charge in [0.25, 0.3) is 0 Å². The van der Waals surface area contributed by atoms with Gasteiger partial charge in [0.15, 0.2) is 0 Å². The molecular formula is C19H24N2O2. The fourth-order valence-electron chi connectivity index (χ4n) is 2.38. The molecule has 0 aliphatic carbocycles. The van der Waals surface area contributed by atoms with Crippen molar-refractivity contribution in [2.45, 2.75) is 39.0 Å². The Balaban J connectivity index is 1.83. The average molecular weight is 312 g/mol. The Hall–Kier alpha value is -2.33. The van der Waals surface area contributed by atoms with E-state index in [0.29, 0.717) is 6.61 Å². The van der Waals surface area contributed by atoms with Gasteiger partial charge < -0.3 is 15.8 Å². The Kier molecular flexibility index (Phi) is 6.18. The summed E-state index contributed by atoms with van der Waals surface area (Å²) in [5, 5.41) is 3.18. The van der Waals surface area contributed by atoms with E-state index in [9.17, 15) is 4.79 Å². The number of carbonyl (C=O) groups excluding carboxylic acids is 1. The van der Waals surface area contributed by atoms with E-state index in [2.05, 4.69) is 5.32 Å². The van der Waals surface area contributed by atoms with Crippen LogP contribution in [0, 0.1) is 0 Å². The van der Waals surface area contributed by atoms with Crippen molar-refractivity contribution in [2.24, 2.45) is 5.73 Å². The monoisotopic (exact) mass is 312 g/mol. The molecule has 0 spiro atoms. The highest BCUT2D eigenvalue weighted by Crippen LogP contribution is 2.15. The molecule has 2 aromatic carbocycles. The Bertz CT molecular complexity index is 611. The predicted molar refractivity (Wildman–Crippen MR) is 92.2 cm³/mol. The molecule has 0 fully saturated rings. The molecule has 0 unspecified atom stereocenters. The first kappa shape index (κ1) is 17.0. The SMILES string of the molecule is C[C@H](Cc1ccc(OCc2ccccc2)cc1)N[C@@H](C)C(N)=O. The van der Waals surface area contributed by atoms with Crippen LogP contribution in [-0.2, 0) is 17.8 Å². The van der Waals surface area contributed by atoms with Crippen LogP contribution >= 0.6 is 0 Å². The summed E-state index contributed by atoms with van der Waals surface area (Å²) in [5.74, 6) is 0.519. The standard InChI is InChI=1S/C19H24N2O2/c1-14(21-15(2)19(20)22)12-16-8-10-18(11-9-16)23-13-17-6-4-3-5-7-17/h3-11,14-15,21H,12-13H2,1-2H3,(H2,20,22)/t14-,15+/m1/s1. The summed E-state index contributed by atoms with van der Waals surface area (Å²) in [6, 6.07) is 18.0. The van der Waals surface area contributed by atoms with Crippen LogP contribution in [0.1, 0.15) is 25.0 Å². The van der Waals surface area contributed by atoms with Gasteiger partial charge in [-0.15, -0.1) is 0 Å². The predicted octanol–water partition coefficient (Wildman–Crippen LogP) is 2.66. The van der Waals surface area contributed by atoms with E-state index in [-0.39, 0.29) is 18.0 Å². The highest BCUT2D eigenvalue weighted by molar-refractivity contribution is 5.79. The van der Waals surface area contributed by atoms with Crippen molar-refractivity contribution in [3.8, 4) is 5.75 Å². The average Bonchev–Trinajstić information content (AvgIpc) is 2.55. The van der Waals surface area contributed by atoms with Crippen molar-refractivity contribution < 1.29 is 9.53 Å². The normalized spacial score (nSPS) is 13.3. The smallest absolute Gasteiger partial charge is 0.234 e. The molecule has 0 saturated heterocycles. The first-order valence-corrected chi connectivity index (χ1v) is 7.85. The van der Waals surface area contributed by atoms with Gasteiger partial charge in [0.1, 0.15) is 12.4 Å². The number of primary amides is 1. The second-order valence-corrected chi connectivity index (χ2v) is 5.81. The first-order chi connectivity index (χ1) is 11.0. The summed E-state index contributed by atoms with van der Waals surface area (Å²) in [6.07, 6.45) is 0.830. The van der Waals surface area contributed by atoms with Crippen LogP contribution in [0.25, 0.3) is 0 Å². The third-order valence-corrected chi connectivity index (χ3v) is 3.67. The molecule has 0 aliphatic heterocycles. The van der Waals surface area contributed by atoms with E-state index in [1.165, 1.54) is 5.56 Å². The van der Waals surface area contributed by atoms with Crippen LogP contribution in [0.5, 0.6) is 5.75 Å². The summed E-state index contributed by atoms with van der Waals surface area (Å²) < 4.78 is 5.77. The number of carbonyl (C=O) groups is 1. The molecule has 2 atom stereocenters. The number of nitrogens with two attached hydrogens (primary N) is 1. The van der Waals surface area contributed by atoms with Gasteiger partial charge in [-0.3, -0.25) is 4.79 Å². The van der Waals surface area contributed by atoms with Gasteiger partial charge in [0.2, 0.25) is 5.91 Å². The fraction of sp³-hybridized carbons (Fsp3) is 0.316. The third-order valence-electron chi connectivity index (χ3n) is 3.67. The van der Waals surface area contributed by atoms with Crippen molar-refractivity contribution in [2.75, 3.05) is 0 Å². The van der Waals surface area contributed by atoms with E-state index in [4.69, 9.17) is 10.5 Å². The molecule has 1 amide bonds. The molecule has 0 bridgehead atoms. The minimum atomic E-state index is -0.332. The highest BCUT2D eigenvalue weighted by atomic mass is 16.5. The van der Waals surface area contributed by atoms with Gasteiger partial charge in [-0.1, -0.05) is 42.5 Å². The zero-order valence-corrected chi connectivity index (χ0v) is 13.7. The van der Waals surface area contributed by atoms with Gasteiger partial charge in [-0.05, 0) is 43.5 Å². The summed E-state index contributed by atoms with van der Waals surface area (Å²) >= 11 is 0. The van der Waals surface area contributed by atoms with Crippen LogP contribution < -0.4 is 15.8 Å². The van der Waals surface area contributed by atoms with Crippen LogP contribution in [0.4, 0.5) is 0 Å². The molecule has 4 nitrogen and oxygen atoms in total. The van der Waals surface area contributed by atoms with E-state index in [1.807, 2.05) is 61.5 Å². The Morgan fingerprint density at radius 1 is 1.04 bits per heavy atom. The molecule has 0 heterocycles. The van der Waals surface area contributed by atoms with E-state index in [0.717, 1.165) is 17.7 Å². The zero-order chi connectivity index (χ0) is 16.7. The lowest BCUT2D eigenvalue weighted by atomic mass is 10.1. The van der Waals surface area contributed by atoms with Gasteiger partial charge in [-0.2, -0.15) is 0 Å². The maximum Gasteiger partial charge on any atom is 0.234 e. The number of benzene rings is 2. The quantitative estimate of drug-likeness (QED) is 0.787. The van der Waals surface area contributed by atoms with Crippen LogP contribution in [0.3, 0.4) is 0 Å². The van der Waals surface area contributed by atoms with E-state index in [1.54, 1.807) is 6.92 Å². The molecule has 0 aliphatic rings. The number of nitrogens with one attached hydrogen (secondary N) is 1. The minimum Gasteiger partial charge on any atom is -0.489 e. The van der Waals surface area contributed by atoms with Gasteiger partial charge >= 0.3 is 0 Å². The number of amides is 1. The first-order valence-electron chi connectivity index (χ1n) is 7.85. The van der Waals surface area contributed by atoms with Crippen LogP contribution in [-0.4, -0.2) is 18.0 Å². The van der Waals surface area contributed by atoms with Gasteiger partial charge in [0.05, 0.1) is 6.04 Å². The maximum absolute atomic E-state index is 11.1. The van der Waals surface area contributed by atoms with E-state index >= 15 is 0 Å². The second-order valence-electron chi connectivity index (χ2n) is 5.81. The minimum absolute atomic E-state index is 0.175. The number of ether oxygens (including phenoxy) is 1. The zero-order valence-electron chi connectivity index (χ0n) is 13.7. The number of hydrogen-bond donors (Lipinski definition) is 2. The van der Waals surface area contributed by atoms with Crippen LogP contribution in [0.15, 0.2) is 54.6 Å². The van der Waals surface area contributed by atoms with Crippen molar-refractivity contribution >= 4 is 5.91 Å². The lowest BCUT2D eigenvalue weighted by Crippen LogP contribution is -2.44. The number of hydrogen-bond acceptors (Lipinski definition) is 3. The van der Waals surface area contributed by atoms with Crippen molar-refractivity contribution in [3.63, 3.8) is 0 Å². The fourth-order valence-corrected chi connectivity index (χ4v) is 2.38. The van der Waals surface area contributed by atoms with Crippen molar-refractivity contribution in [1.82, 2.24) is 5.32 Å². The van der Waals surface area contributed by atoms with Gasteiger partial charge in [-0.25, -0.2) is 0 Å². The maximum atomic E-state index is 11.1. The molecule has 0 saturated carbocycles. The van der Waals surface area contributed by atoms with Crippen LogP contribution in [0.2, 0.25) is 0 Å². The Morgan fingerprint density at radius 3 is 2.30 bits per heavy atom. The molecular weight excluding hydrogens is 288 g/mol. The molecule has 122 valence electrons. The molecule has 3 N–H and O–H groups in total. The molecule has 2 rings (SSSR count). The van der Waals surface area contributed by atoms with E-state index < -0.39 is 0 Å². The number of rotatable bonds is 8. The molecule has 2 aromatic rings. The van der Waals surface area contributed by atoms with Crippen molar-refractivity contribution in [1.29, 1.82) is 0 Å². The second kappa shape index (κ2) is 8.34. The third kappa shape index (κ3) is 5.75. The van der Waals surface area contributed by atoms with Crippen molar-refractivity contribution in [3.05, 3.63) is 65.7 Å². The largest absolute Gasteiger partial charge is 0.489 e. The van der Waals surface area contributed by atoms with Gasteiger partial charge in [0, 0.05) is 6.04 Å². The molecule has 0 aromatic heterocycles. The summed E-state index contributed by atoms with van der Waals surface area (Å²) in [5.41, 5.74) is 7.60. The topological polar surface area (TPSA) is 64.3 Å². The Morgan fingerprint density at radius 2 is 1.70 bits per heavy atom. The summed E-state index contributed by atoms with van der Waals surface area (Å²) in [6.45, 7) is 4.38. The summed E-state index contributed by atoms with van der Waals surface area (Å²) in [4.78, 5) is 11.1.